The fourth-order valence-corrected chi connectivity index (χ4v) is 3.29. The van der Waals surface area contributed by atoms with Crippen LogP contribution in [0.2, 0.25) is 0 Å². The third-order valence-corrected chi connectivity index (χ3v) is 4.88. The average molecular weight is 407 g/mol. The van der Waals surface area contributed by atoms with Crippen molar-refractivity contribution in [1.29, 1.82) is 0 Å². The third kappa shape index (κ3) is 3.87. The largest absolute Gasteiger partial charge is 0.496 e. The van der Waals surface area contributed by atoms with Gasteiger partial charge >= 0.3 is 5.97 Å². The van der Waals surface area contributed by atoms with E-state index < -0.39 is 12.1 Å². The number of hydrogen-bond donors (Lipinski definition) is 1. The van der Waals surface area contributed by atoms with Crippen LogP contribution in [0, 0.1) is 0 Å². The summed E-state index contributed by atoms with van der Waals surface area (Å²) in [6.07, 6.45) is -0.952. The van der Waals surface area contributed by atoms with Crippen LogP contribution in [-0.2, 0) is 16.1 Å². The first kappa shape index (κ1) is 19.6. The zero-order valence-corrected chi connectivity index (χ0v) is 16.6. The first-order valence-electron chi connectivity index (χ1n) is 9.50. The molecular formula is C23H21NO6. The summed E-state index contributed by atoms with van der Waals surface area (Å²) >= 11 is 0. The van der Waals surface area contributed by atoms with E-state index in [1.807, 2.05) is 36.4 Å². The molecule has 1 N–H and O–H groups in total. The highest BCUT2D eigenvalue weighted by Gasteiger charge is 2.21. The molecule has 0 saturated carbocycles. The Morgan fingerprint density at radius 3 is 2.60 bits per heavy atom. The second-order valence-corrected chi connectivity index (χ2v) is 6.81. The van der Waals surface area contributed by atoms with Gasteiger partial charge in [-0.25, -0.2) is 4.79 Å². The number of esters is 1. The number of carbonyl (C=O) groups excluding carboxylic acids is 2. The van der Waals surface area contributed by atoms with Crippen molar-refractivity contribution >= 4 is 22.6 Å². The van der Waals surface area contributed by atoms with Crippen LogP contribution in [0.3, 0.4) is 0 Å². The quantitative estimate of drug-likeness (QED) is 0.631. The topological polar surface area (TPSA) is 83.1 Å². The molecule has 1 aliphatic heterocycles. The number of methoxy groups -OCH3 is 1. The van der Waals surface area contributed by atoms with Gasteiger partial charge in [0, 0.05) is 11.9 Å². The number of rotatable bonds is 6. The van der Waals surface area contributed by atoms with Gasteiger partial charge in [-0.1, -0.05) is 30.3 Å². The van der Waals surface area contributed by atoms with E-state index >= 15 is 0 Å². The highest BCUT2D eigenvalue weighted by Crippen LogP contribution is 2.32. The van der Waals surface area contributed by atoms with Crippen molar-refractivity contribution in [2.45, 2.75) is 19.6 Å². The molecule has 0 unspecified atom stereocenters. The highest BCUT2D eigenvalue weighted by molar-refractivity contribution is 6.07. The molecule has 0 bridgehead atoms. The number of carbonyl (C=O) groups is 2. The molecule has 1 heterocycles. The van der Waals surface area contributed by atoms with Gasteiger partial charge in [0.05, 0.1) is 12.7 Å². The van der Waals surface area contributed by atoms with Crippen LogP contribution in [0.4, 0.5) is 0 Å². The van der Waals surface area contributed by atoms with Crippen LogP contribution in [0.25, 0.3) is 10.8 Å². The normalized spacial score (nSPS) is 13.0. The molecule has 1 atom stereocenters. The number of hydrogen-bond acceptors (Lipinski definition) is 6. The summed E-state index contributed by atoms with van der Waals surface area (Å²) in [5.41, 5.74) is 1.23. The monoisotopic (exact) mass is 407 g/mol. The van der Waals surface area contributed by atoms with Gasteiger partial charge in [-0.2, -0.15) is 0 Å². The van der Waals surface area contributed by atoms with E-state index in [9.17, 15) is 9.59 Å². The van der Waals surface area contributed by atoms with Crippen molar-refractivity contribution in [1.82, 2.24) is 5.32 Å². The van der Waals surface area contributed by atoms with Gasteiger partial charge in [0.15, 0.2) is 17.6 Å². The van der Waals surface area contributed by atoms with Gasteiger partial charge in [0.2, 0.25) is 6.79 Å². The minimum Gasteiger partial charge on any atom is -0.496 e. The van der Waals surface area contributed by atoms with Crippen LogP contribution in [0.5, 0.6) is 17.2 Å². The van der Waals surface area contributed by atoms with Crippen LogP contribution < -0.4 is 19.5 Å². The fraction of sp³-hybridized carbons (Fsp3) is 0.217. The summed E-state index contributed by atoms with van der Waals surface area (Å²) in [5, 5.41) is 4.27. The van der Waals surface area contributed by atoms with E-state index in [2.05, 4.69) is 5.32 Å². The molecule has 3 aromatic carbocycles. The third-order valence-electron chi connectivity index (χ3n) is 4.88. The molecule has 7 heteroatoms. The Kier molecular flexibility index (Phi) is 5.43. The lowest BCUT2D eigenvalue weighted by molar-refractivity contribution is -0.129. The Labute approximate surface area is 173 Å². The Bertz CT molecular complexity index is 1110. The SMILES string of the molecule is COc1ccc(C(=O)O[C@@H](C)C(=O)NCc2ccc3c(c2)OCO3)c2ccccc12. The number of fused-ring (bicyclic) bond motifs is 2. The van der Waals surface area contributed by atoms with Crippen molar-refractivity contribution < 1.29 is 28.5 Å². The number of nitrogens with one attached hydrogen (secondary N) is 1. The maximum Gasteiger partial charge on any atom is 0.339 e. The van der Waals surface area contributed by atoms with Gasteiger partial charge in [-0.05, 0) is 42.1 Å². The minimum atomic E-state index is -0.952. The molecule has 0 aromatic heterocycles. The Hall–Kier alpha value is -3.74. The molecule has 0 radical (unpaired) electrons. The molecule has 3 aromatic rings. The van der Waals surface area contributed by atoms with E-state index in [4.69, 9.17) is 18.9 Å². The molecule has 1 amide bonds. The number of ether oxygens (including phenoxy) is 4. The first-order valence-corrected chi connectivity index (χ1v) is 9.50. The average Bonchev–Trinajstić information content (AvgIpc) is 3.24. The Morgan fingerprint density at radius 1 is 1.03 bits per heavy atom. The van der Waals surface area contributed by atoms with Crippen molar-refractivity contribution in [3.63, 3.8) is 0 Å². The molecule has 4 rings (SSSR count). The summed E-state index contributed by atoms with van der Waals surface area (Å²) in [5.74, 6) is 1.03. The van der Waals surface area contributed by atoms with E-state index in [0.717, 1.165) is 10.9 Å². The molecule has 0 fully saturated rings. The van der Waals surface area contributed by atoms with Crippen molar-refractivity contribution in [3.05, 3.63) is 65.7 Å². The van der Waals surface area contributed by atoms with Crippen molar-refractivity contribution in [3.8, 4) is 17.2 Å². The second kappa shape index (κ2) is 8.32. The van der Waals surface area contributed by atoms with Gasteiger partial charge in [0.1, 0.15) is 5.75 Å². The van der Waals surface area contributed by atoms with Crippen molar-refractivity contribution in [2.24, 2.45) is 0 Å². The van der Waals surface area contributed by atoms with Gasteiger partial charge in [0.25, 0.3) is 5.91 Å². The summed E-state index contributed by atoms with van der Waals surface area (Å²) < 4.78 is 21.4. The maximum absolute atomic E-state index is 12.7. The molecule has 0 spiro atoms. The van der Waals surface area contributed by atoms with Crippen molar-refractivity contribution in [2.75, 3.05) is 13.9 Å². The summed E-state index contributed by atoms with van der Waals surface area (Å²) in [6, 6.07) is 16.2. The fourth-order valence-electron chi connectivity index (χ4n) is 3.29. The van der Waals surface area contributed by atoms with E-state index in [1.54, 1.807) is 32.2 Å². The molecule has 0 aliphatic carbocycles. The van der Waals surface area contributed by atoms with E-state index in [1.165, 1.54) is 0 Å². The molecule has 7 nitrogen and oxygen atoms in total. The van der Waals surface area contributed by atoms with Gasteiger partial charge in [-0.15, -0.1) is 0 Å². The summed E-state index contributed by atoms with van der Waals surface area (Å²) in [4.78, 5) is 25.1. The lowest BCUT2D eigenvalue weighted by atomic mass is 10.0. The highest BCUT2D eigenvalue weighted by atomic mass is 16.7. The van der Waals surface area contributed by atoms with E-state index in [0.29, 0.717) is 28.2 Å². The molecular weight excluding hydrogens is 386 g/mol. The second-order valence-electron chi connectivity index (χ2n) is 6.81. The molecule has 1 aliphatic rings. The van der Waals surface area contributed by atoms with Crippen LogP contribution in [-0.4, -0.2) is 31.9 Å². The standard InChI is InChI=1S/C23H21NO6/c1-14(22(25)24-12-15-7-9-20-21(11-15)29-13-28-20)30-23(26)18-8-10-19(27-2)17-6-4-3-5-16(17)18/h3-11,14H,12-13H2,1-2H3,(H,24,25)/t14-/m0/s1. The summed E-state index contributed by atoms with van der Waals surface area (Å²) in [6.45, 7) is 2.01. The maximum atomic E-state index is 12.7. The molecule has 154 valence electrons. The number of benzene rings is 3. The minimum absolute atomic E-state index is 0.193. The zero-order chi connectivity index (χ0) is 21.1. The Balaban J connectivity index is 1.41. The smallest absolute Gasteiger partial charge is 0.339 e. The van der Waals surface area contributed by atoms with Gasteiger partial charge in [-0.3, -0.25) is 4.79 Å². The van der Waals surface area contributed by atoms with Crippen LogP contribution >= 0.6 is 0 Å². The molecule has 0 saturated heterocycles. The predicted octanol–water partition coefficient (Wildman–Crippen LogP) is 3.44. The van der Waals surface area contributed by atoms with E-state index in [-0.39, 0.29) is 19.2 Å². The molecule has 30 heavy (non-hydrogen) atoms. The lowest BCUT2D eigenvalue weighted by Gasteiger charge is -2.15. The first-order chi connectivity index (χ1) is 14.6. The van der Waals surface area contributed by atoms with Gasteiger partial charge < -0.3 is 24.3 Å². The number of amides is 1. The zero-order valence-electron chi connectivity index (χ0n) is 16.6. The Morgan fingerprint density at radius 2 is 1.80 bits per heavy atom. The summed E-state index contributed by atoms with van der Waals surface area (Å²) in [7, 11) is 1.58. The van der Waals surface area contributed by atoms with Crippen LogP contribution in [0.15, 0.2) is 54.6 Å². The predicted molar refractivity (Wildman–Crippen MR) is 110 cm³/mol. The van der Waals surface area contributed by atoms with Crippen LogP contribution in [0.1, 0.15) is 22.8 Å². The lowest BCUT2D eigenvalue weighted by Crippen LogP contribution is -2.35.